The molecule has 2 aromatic heterocycles. The van der Waals surface area contributed by atoms with Crippen molar-refractivity contribution in [2.75, 3.05) is 19.3 Å². The maximum atomic E-state index is 12.1. The molecule has 0 fully saturated rings. The smallest absolute Gasteiger partial charge is 0.277 e. The summed E-state index contributed by atoms with van der Waals surface area (Å²) in [5.41, 5.74) is 0.391. The third-order valence-corrected chi connectivity index (χ3v) is 3.94. The Labute approximate surface area is 150 Å². The molecule has 0 spiro atoms. The highest BCUT2D eigenvalue weighted by Gasteiger charge is 2.19. The maximum Gasteiger partial charge on any atom is 0.277 e. The van der Waals surface area contributed by atoms with Crippen molar-refractivity contribution in [1.82, 2.24) is 20.4 Å². The van der Waals surface area contributed by atoms with Crippen LogP contribution in [0.1, 0.15) is 26.5 Å². The quantitative estimate of drug-likeness (QED) is 0.781. The van der Waals surface area contributed by atoms with E-state index < -0.39 is 0 Å². The lowest BCUT2D eigenvalue weighted by Gasteiger charge is -2.23. The summed E-state index contributed by atoms with van der Waals surface area (Å²) in [4.78, 5) is 25.3. The van der Waals surface area contributed by atoms with E-state index in [1.165, 1.54) is 4.90 Å². The molecule has 2 aromatic rings. The second-order valence-electron chi connectivity index (χ2n) is 6.60. The van der Waals surface area contributed by atoms with Gasteiger partial charge in [-0.3, -0.25) is 9.59 Å². The minimum atomic E-state index is -0.332. The third kappa shape index (κ3) is 5.63. The van der Waals surface area contributed by atoms with Crippen LogP contribution in [0.15, 0.2) is 26.4 Å². The Bertz CT molecular complexity index is 747. The van der Waals surface area contributed by atoms with Crippen LogP contribution in [0.5, 0.6) is 0 Å². The van der Waals surface area contributed by atoms with E-state index in [4.69, 9.17) is 8.83 Å². The van der Waals surface area contributed by atoms with Crippen LogP contribution in [0.4, 0.5) is 0 Å². The van der Waals surface area contributed by atoms with Gasteiger partial charge in [0.05, 0.1) is 24.1 Å². The first-order valence-corrected chi connectivity index (χ1v) is 8.70. The van der Waals surface area contributed by atoms with Gasteiger partial charge in [-0.25, -0.2) is 0 Å². The Balaban J connectivity index is 1.85. The van der Waals surface area contributed by atoms with Gasteiger partial charge in [0.2, 0.25) is 11.8 Å². The summed E-state index contributed by atoms with van der Waals surface area (Å²) < 4.78 is 10.7. The van der Waals surface area contributed by atoms with Crippen molar-refractivity contribution < 1.29 is 18.4 Å². The molecular formula is C16H22N4O4S. The number of likely N-dealkylation sites (N-methyl/N-ethyl adjacent to an activating group) is 1. The molecule has 0 aliphatic carbocycles. The predicted octanol–water partition coefficient (Wildman–Crippen LogP) is 2.10. The molecular weight excluding hydrogens is 344 g/mol. The average Bonchev–Trinajstić information content (AvgIpc) is 3.10. The SMILES string of the molecule is Cc1occc1-c1nnc(SCC(=O)N(C)CC(=O)NC(C)(C)C)o1. The Morgan fingerprint density at radius 2 is 2.04 bits per heavy atom. The number of thioether (sulfide) groups is 1. The number of aryl methyl sites for hydroxylation is 1. The Hall–Kier alpha value is -2.29. The molecule has 1 N–H and O–H groups in total. The fraction of sp³-hybridized carbons (Fsp3) is 0.500. The van der Waals surface area contributed by atoms with Gasteiger partial charge in [0.1, 0.15) is 5.76 Å². The highest BCUT2D eigenvalue weighted by molar-refractivity contribution is 7.99. The standard InChI is InChI=1S/C16H22N4O4S/c1-10-11(6-7-23-10)14-18-19-15(24-14)25-9-13(22)20(5)8-12(21)17-16(2,3)4/h6-7H,8-9H2,1-5H3,(H,17,21). The minimum absolute atomic E-state index is 0.0000388. The number of furan rings is 1. The summed E-state index contributed by atoms with van der Waals surface area (Å²) in [7, 11) is 1.58. The van der Waals surface area contributed by atoms with E-state index in [1.54, 1.807) is 26.3 Å². The molecule has 0 radical (unpaired) electrons. The van der Waals surface area contributed by atoms with Crippen molar-refractivity contribution in [1.29, 1.82) is 0 Å². The minimum Gasteiger partial charge on any atom is -0.469 e. The number of nitrogens with one attached hydrogen (secondary N) is 1. The zero-order valence-electron chi connectivity index (χ0n) is 15.0. The molecule has 9 heteroatoms. The van der Waals surface area contributed by atoms with Gasteiger partial charge in [-0.1, -0.05) is 11.8 Å². The first-order valence-electron chi connectivity index (χ1n) is 7.71. The molecule has 0 aliphatic rings. The Morgan fingerprint density at radius 3 is 2.64 bits per heavy atom. The van der Waals surface area contributed by atoms with Gasteiger partial charge in [0, 0.05) is 12.6 Å². The zero-order chi connectivity index (χ0) is 18.6. The number of aromatic nitrogens is 2. The molecule has 2 heterocycles. The van der Waals surface area contributed by atoms with E-state index in [9.17, 15) is 9.59 Å². The number of carbonyl (C=O) groups excluding carboxylic acids is 2. The van der Waals surface area contributed by atoms with Crippen molar-refractivity contribution in [3.63, 3.8) is 0 Å². The summed E-state index contributed by atoms with van der Waals surface area (Å²) in [6, 6.07) is 1.74. The fourth-order valence-electron chi connectivity index (χ4n) is 1.98. The van der Waals surface area contributed by atoms with Gasteiger partial charge in [-0.05, 0) is 33.8 Å². The van der Waals surface area contributed by atoms with Gasteiger partial charge < -0.3 is 19.1 Å². The first-order chi connectivity index (χ1) is 11.7. The van der Waals surface area contributed by atoms with Crippen LogP contribution in [-0.2, 0) is 9.59 Å². The average molecular weight is 366 g/mol. The fourth-order valence-corrected chi connectivity index (χ4v) is 2.68. The van der Waals surface area contributed by atoms with Crippen LogP contribution in [0.2, 0.25) is 0 Å². The molecule has 25 heavy (non-hydrogen) atoms. The summed E-state index contributed by atoms with van der Waals surface area (Å²) in [5.74, 6) is 0.725. The van der Waals surface area contributed by atoms with E-state index >= 15 is 0 Å². The predicted molar refractivity (Wildman–Crippen MR) is 93.0 cm³/mol. The second kappa shape index (κ2) is 7.73. The van der Waals surface area contributed by atoms with E-state index in [0.717, 1.165) is 17.3 Å². The largest absolute Gasteiger partial charge is 0.469 e. The van der Waals surface area contributed by atoms with Crippen LogP contribution in [0, 0.1) is 6.92 Å². The van der Waals surface area contributed by atoms with E-state index in [-0.39, 0.29) is 34.9 Å². The third-order valence-electron chi connectivity index (χ3n) is 3.14. The van der Waals surface area contributed by atoms with Crippen molar-refractivity contribution in [3.8, 4) is 11.5 Å². The van der Waals surface area contributed by atoms with Gasteiger partial charge in [-0.2, -0.15) is 0 Å². The van der Waals surface area contributed by atoms with Gasteiger partial charge in [0.25, 0.3) is 11.1 Å². The molecule has 0 saturated carbocycles. The number of nitrogens with zero attached hydrogens (tertiary/aromatic N) is 3. The molecule has 2 rings (SSSR count). The number of amides is 2. The topological polar surface area (TPSA) is 101 Å². The van der Waals surface area contributed by atoms with E-state index in [0.29, 0.717) is 11.7 Å². The van der Waals surface area contributed by atoms with Crippen molar-refractivity contribution in [2.24, 2.45) is 0 Å². The molecule has 0 bridgehead atoms. The summed E-state index contributed by atoms with van der Waals surface area (Å²) >= 11 is 1.13. The lowest BCUT2D eigenvalue weighted by Crippen LogP contribution is -2.46. The highest BCUT2D eigenvalue weighted by Crippen LogP contribution is 2.26. The van der Waals surface area contributed by atoms with Crippen LogP contribution in [0.25, 0.3) is 11.5 Å². The molecule has 0 unspecified atom stereocenters. The monoisotopic (exact) mass is 366 g/mol. The lowest BCUT2D eigenvalue weighted by atomic mass is 10.1. The van der Waals surface area contributed by atoms with Crippen LogP contribution < -0.4 is 5.32 Å². The van der Waals surface area contributed by atoms with Crippen LogP contribution in [0.3, 0.4) is 0 Å². The van der Waals surface area contributed by atoms with Crippen molar-refractivity contribution in [2.45, 2.75) is 38.5 Å². The summed E-state index contributed by atoms with van der Waals surface area (Å²) in [6.45, 7) is 7.46. The normalized spacial score (nSPS) is 11.4. The van der Waals surface area contributed by atoms with Gasteiger partial charge in [0.15, 0.2) is 0 Å². The van der Waals surface area contributed by atoms with E-state index in [2.05, 4.69) is 15.5 Å². The van der Waals surface area contributed by atoms with Crippen molar-refractivity contribution in [3.05, 3.63) is 18.1 Å². The molecule has 2 amide bonds. The van der Waals surface area contributed by atoms with Crippen LogP contribution >= 0.6 is 11.8 Å². The highest BCUT2D eigenvalue weighted by atomic mass is 32.2. The second-order valence-corrected chi connectivity index (χ2v) is 7.53. The zero-order valence-corrected chi connectivity index (χ0v) is 15.8. The number of hydrogen-bond donors (Lipinski definition) is 1. The Kier molecular flexibility index (Phi) is 5.89. The molecule has 0 saturated heterocycles. The first kappa shape index (κ1) is 19.0. The molecule has 0 aliphatic heterocycles. The molecule has 0 atom stereocenters. The van der Waals surface area contributed by atoms with Crippen LogP contribution in [-0.4, -0.2) is 51.8 Å². The summed E-state index contributed by atoms with van der Waals surface area (Å²) in [5, 5.41) is 11.0. The molecule has 136 valence electrons. The maximum absolute atomic E-state index is 12.1. The van der Waals surface area contributed by atoms with Crippen molar-refractivity contribution >= 4 is 23.6 Å². The summed E-state index contributed by atoms with van der Waals surface area (Å²) in [6.07, 6.45) is 1.54. The number of rotatable bonds is 6. The van der Waals surface area contributed by atoms with Gasteiger partial charge >= 0.3 is 0 Å². The Morgan fingerprint density at radius 1 is 1.32 bits per heavy atom. The molecule has 0 aromatic carbocycles. The van der Waals surface area contributed by atoms with E-state index in [1.807, 2.05) is 20.8 Å². The van der Waals surface area contributed by atoms with Gasteiger partial charge in [-0.15, -0.1) is 10.2 Å². The lowest BCUT2D eigenvalue weighted by molar-refractivity contribution is -0.133. The number of carbonyl (C=O) groups is 2. The number of hydrogen-bond acceptors (Lipinski definition) is 7. The molecule has 8 nitrogen and oxygen atoms in total.